The van der Waals surface area contributed by atoms with Gasteiger partial charge in [-0.25, -0.2) is 15.0 Å². The van der Waals surface area contributed by atoms with Crippen LogP contribution in [-0.4, -0.2) is 34.0 Å². The summed E-state index contributed by atoms with van der Waals surface area (Å²) in [6.45, 7) is 6.86. The van der Waals surface area contributed by atoms with Crippen molar-refractivity contribution in [2.45, 2.75) is 45.5 Å². The van der Waals surface area contributed by atoms with Crippen LogP contribution in [0.5, 0.6) is 0 Å². The second kappa shape index (κ2) is 6.07. The summed E-state index contributed by atoms with van der Waals surface area (Å²) in [5.74, 6) is 0.962. The molecule has 3 heterocycles. The number of aromatic nitrogens is 4. The molecule has 0 spiro atoms. The van der Waals surface area contributed by atoms with Gasteiger partial charge >= 0.3 is 6.18 Å². The lowest BCUT2D eigenvalue weighted by Crippen LogP contribution is -2.22. The minimum atomic E-state index is -4.53. The summed E-state index contributed by atoms with van der Waals surface area (Å²) in [6.07, 6.45) is -2.78. The van der Waals surface area contributed by atoms with Crippen molar-refractivity contribution in [3.8, 4) is 0 Å². The summed E-state index contributed by atoms with van der Waals surface area (Å²) in [4.78, 5) is 20.1. The van der Waals surface area contributed by atoms with E-state index in [0.29, 0.717) is 18.9 Å². The van der Waals surface area contributed by atoms with Crippen LogP contribution < -0.4 is 9.80 Å². The van der Waals surface area contributed by atoms with E-state index in [4.69, 9.17) is 0 Å². The molecular weight excluding hydrogens is 345 g/mol. The lowest BCUT2D eigenvalue weighted by Gasteiger charge is -2.20. The summed E-state index contributed by atoms with van der Waals surface area (Å²) in [5, 5.41) is 0. The highest BCUT2D eigenvalue weighted by Crippen LogP contribution is 2.33. The van der Waals surface area contributed by atoms with E-state index < -0.39 is 11.9 Å². The van der Waals surface area contributed by atoms with Crippen LogP contribution in [0, 0.1) is 0 Å². The standard InChI is InChI=1S/C17H21F3N6/c1-16(2,3)14-21-7-10-8-26(9-11(10)22-14)13-6-12(17(18,19)20)23-15(24-13)25(4)5/h6-7H,8-9H2,1-5H3. The highest BCUT2D eigenvalue weighted by Gasteiger charge is 2.35. The van der Waals surface area contributed by atoms with E-state index in [1.54, 1.807) is 25.2 Å². The molecule has 0 fully saturated rings. The van der Waals surface area contributed by atoms with Crippen LogP contribution in [0.15, 0.2) is 12.3 Å². The molecule has 2 aromatic rings. The molecule has 0 atom stereocenters. The van der Waals surface area contributed by atoms with Gasteiger partial charge in [-0.1, -0.05) is 20.8 Å². The summed E-state index contributed by atoms with van der Waals surface area (Å²) in [7, 11) is 3.22. The Morgan fingerprint density at radius 2 is 1.73 bits per heavy atom. The predicted octanol–water partition coefficient (Wildman–Crippen LogP) is 3.17. The summed E-state index contributed by atoms with van der Waals surface area (Å²) in [6, 6.07) is 0.983. The molecule has 9 heteroatoms. The molecule has 3 rings (SSSR count). The SMILES string of the molecule is CN(C)c1nc(N2Cc3cnc(C(C)(C)C)nc3C2)cc(C(F)(F)F)n1. The average molecular weight is 366 g/mol. The third kappa shape index (κ3) is 3.56. The minimum absolute atomic E-state index is 0.0206. The topological polar surface area (TPSA) is 58.0 Å². The Kier molecular flexibility index (Phi) is 4.28. The van der Waals surface area contributed by atoms with Gasteiger partial charge in [0.15, 0.2) is 5.69 Å². The van der Waals surface area contributed by atoms with Crippen LogP contribution in [-0.2, 0) is 24.7 Å². The maximum absolute atomic E-state index is 13.2. The number of anilines is 2. The van der Waals surface area contributed by atoms with E-state index in [1.165, 1.54) is 4.90 Å². The van der Waals surface area contributed by atoms with E-state index >= 15 is 0 Å². The van der Waals surface area contributed by atoms with Crippen molar-refractivity contribution in [2.24, 2.45) is 0 Å². The molecule has 1 aliphatic rings. The Morgan fingerprint density at radius 3 is 2.31 bits per heavy atom. The number of fused-ring (bicyclic) bond motifs is 1. The van der Waals surface area contributed by atoms with Gasteiger partial charge in [-0.15, -0.1) is 0 Å². The van der Waals surface area contributed by atoms with Crippen LogP contribution in [0.25, 0.3) is 0 Å². The molecule has 140 valence electrons. The molecule has 0 aromatic carbocycles. The Morgan fingerprint density at radius 1 is 1.04 bits per heavy atom. The largest absolute Gasteiger partial charge is 0.433 e. The first-order valence-electron chi connectivity index (χ1n) is 8.19. The Bertz CT molecular complexity index is 826. The highest BCUT2D eigenvalue weighted by molar-refractivity contribution is 5.49. The van der Waals surface area contributed by atoms with Crippen molar-refractivity contribution in [1.82, 2.24) is 19.9 Å². The van der Waals surface area contributed by atoms with Gasteiger partial charge in [-0.2, -0.15) is 18.2 Å². The second-order valence-electron chi connectivity index (χ2n) is 7.58. The molecule has 26 heavy (non-hydrogen) atoms. The monoisotopic (exact) mass is 366 g/mol. The van der Waals surface area contributed by atoms with E-state index in [2.05, 4.69) is 19.9 Å². The first-order valence-corrected chi connectivity index (χ1v) is 8.19. The molecule has 1 aliphatic heterocycles. The smallest absolute Gasteiger partial charge is 0.347 e. The quantitative estimate of drug-likeness (QED) is 0.814. The van der Waals surface area contributed by atoms with Crippen molar-refractivity contribution in [3.05, 3.63) is 35.0 Å². The molecule has 0 unspecified atom stereocenters. The van der Waals surface area contributed by atoms with Crippen LogP contribution in [0.2, 0.25) is 0 Å². The Balaban J connectivity index is 1.96. The molecule has 0 radical (unpaired) electrons. The van der Waals surface area contributed by atoms with Crippen LogP contribution in [0.4, 0.5) is 24.9 Å². The second-order valence-corrected chi connectivity index (χ2v) is 7.58. The average Bonchev–Trinajstić information content (AvgIpc) is 2.95. The van der Waals surface area contributed by atoms with Crippen molar-refractivity contribution >= 4 is 11.8 Å². The first-order chi connectivity index (χ1) is 11.9. The first kappa shape index (κ1) is 18.3. The van der Waals surface area contributed by atoms with Gasteiger partial charge in [0, 0.05) is 43.9 Å². The lowest BCUT2D eigenvalue weighted by atomic mass is 9.95. The van der Waals surface area contributed by atoms with Crippen molar-refractivity contribution < 1.29 is 13.2 Å². The molecule has 0 N–H and O–H groups in total. The third-order valence-corrected chi connectivity index (χ3v) is 4.04. The number of hydrogen-bond acceptors (Lipinski definition) is 6. The fourth-order valence-corrected chi connectivity index (χ4v) is 2.61. The number of rotatable bonds is 2. The zero-order chi connectivity index (χ0) is 19.3. The zero-order valence-electron chi connectivity index (χ0n) is 15.4. The van der Waals surface area contributed by atoms with E-state index in [9.17, 15) is 13.2 Å². The molecule has 2 aromatic heterocycles. The molecule has 6 nitrogen and oxygen atoms in total. The minimum Gasteiger partial charge on any atom is -0.347 e. The summed E-state index contributed by atoms with van der Waals surface area (Å²) < 4.78 is 39.6. The number of nitrogens with zero attached hydrogens (tertiary/aromatic N) is 6. The summed E-state index contributed by atoms with van der Waals surface area (Å²) in [5.41, 5.74) is 0.572. The molecule has 0 amide bonds. The van der Waals surface area contributed by atoms with Crippen LogP contribution in [0.3, 0.4) is 0 Å². The van der Waals surface area contributed by atoms with Gasteiger partial charge in [-0.05, 0) is 0 Å². The van der Waals surface area contributed by atoms with Crippen LogP contribution in [0.1, 0.15) is 43.5 Å². The van der Waals surface area contributed by atoms with Gasteiger partial charge in [0.05, 0.1) is 12.2 Å². The zero-order valence-corrected chi connectivity index (χ0v) is 15.4. The van der Waals surface area contributed by atoms with E-state index in [1.807, 2.05) is 20.8 Å². The van der Waals surface area contributed by atoms with E-state index in [-0.39, 0.29) is 17.2 Å². The van der Waals surface area contributed by atoms with Gasteiger partial charge in [-0.3, -0.25) is 0 Å². The maximum Gasteiger partial charge on any atom is 0.433 e. The third-order valence-electron chi connectivity index (χ3n) is 4.04. The van der Waals surface area contributed by atoms with Gasteiger partial charge in [0.1, 0.15) is 11.6 Å². The van der Waals surface area contributed by atoms with E-state index in [0.717, 1.165) is 17.3 Å². The normalized spacial score (nSPS) is 14.5. The van der Waals surface area contributed by atoms with Crippen molar-refractivity contribution in [3.63, 3.8) is 0 Å². The van der Waals surface area contributed by atoms with Gasteiger partial charge in [0.25, 0.3) is 0 Å². The fraction of sp³-hybridized carbons (Fsp3) is 0.529. The summed E-state index contributed by atoms with van der Waals surface area (Å²) >= 11 is 0. The number of halogens is 3. The van der Waals surface area contributed by atoms with Crippen molar-refractivity contribution in [2.75, 3.05) is 23.9 Å². The van der Waals surface area contributed by atoms with Gasteiger partial charge < -0.3 is 9.80 Å². The van der Waals surface area contributed by atoms with Crippen molar-refractivity contribution in [1.29, 1.82) is 0 Å². The molecular formula is C17H21F3N6. The van der Waals surface area contributed by atoms with Gasteiger partial charge in [0.2, 0.25) is 5.95 Å². The maximum atomic E-state index is 13.2. The highest BCUT2D eigenvalue weighted by atomic mass is 19.4. The molecule has 0 saturated carbocycles. The Labute approximate surface area is 150 Å². The van der Waals surface area contributed by atoms with Crippen LogP contribution >= 0.6 is 0 Å². The molecule has 0 aliphatic carbocycles. The predicted molar refractivity (Wildman–Crippen MR) is 92.0 cm³/mol. The molecule has 0 saturated heterocycles. The number of hydrogen-bond donors (Lipinski definition) is 0. The lowest BCUT2D eigenvalue weighted by molar-refractivity contribution is -0.141. The Hall–Kier alpha value is -2.45. The fourth-order valence-electron chi connectivity index (χ4n) is 2.61. The number of alkyl halides is 3. The molecule has 0 bridgehead atoms.